The van der Waals surface area contributed by atoms with Gasteiger partial charge in [-0.2, -0.15) is 0 Å². The first-order chi connectivity index (χ1) is 8.47. The van der Waals surface area contributed by atoms with Gasteiger partial charge in [-0.1, -0.05) is 27.7 Å². The van der Waals surface area contributed by atoms with Crippen molar-refractivity contribution >= 4 is 5.91 Å². The van der Waals surface area contributed by atoms with Crippen LogP contribution in [0.15, 0.2) is 0 Å². The second kappa shape index (κ2) is 7.10. The molecule has 106 valence electrons. The lowest BCUT2D eigenvalue weighted by molar-refractivity contribution is -0.133. The van der Waals surface area contributed by atoms with Crippen LogP contribution in [0.5, 0.6) is 0 Å². The van der Waals surface area contributed by atoms with E-state index in [9.17, 15) is 4.79 Å². The molecule has 0 saturated carbocycles. The highest BCUT2D eigenvalue weighted by atomic mass is 16.5. The summed E-state index contributed by atoms with van der Waals surface area (Å²) >= 11 is 0. The number of amides is 1. The van der Waals surface area contributed by atoms with E-state index in [-0.39, 0.29) is 18.1 Å². The standard InChI is InChI=1S/C14H28N2O2/c1-6-18-9-12(11(4)5)16-13(7-10(2)3)15-8-14(16)17/h10-13,15H,6-9H2,1-5H3. The van der Waals surface area contributed by atoms with E-state index in [0.29, 0.717) is 31.6 Å². The molecule has 1 fully saturated rings. The van der Waals surface area contributed by atoms with E-state index in [2.05, 4.69) is 33.0 Å². The fraction of sp³-hybridized carbons (Fsp3) is 0.929. The zero-order valence-electron chi connectivity index (χ0n) is 12.4. The van der Waals surface area contributed by atoms with Crippen LogP contribution < -0.4 is 5.32 Å². The van der Waals surface area contributed by atoms with Crippen LogP contribution in [0.2, 0.25) is 0 Å². The van der Waals surface area contributed by atoms with Crippen molar-refractivity contribution in [1.29, 1.82) is 0 Å². The van der Waals surface area contributed by atoms with Gasteiger partial charge in [0.2, 0.25) is 5.91 Å². The summed E-state index contributed by atoms with van der Waals surface area (Å²) in [6, 6.07) is 0.177. The number of carbonyl (C=O) groups is 1. The van der Waals surface area contributed by atoms with Crippen molar-refractivity contribution in [2.75, 3.05) is 19.8 Å². The molecule has 4 nitrogen and oxygen atoms in total. The largest absolute Gasteiger partial charge is 0.380 e. The van der Waals surface area contributed by atoms with E-state index < -0.39 is 0 Å². The average Bonchev–Trinajstić information content (AvgIpc) is 2.61. The lowest BCUT2D eigenvalue weighted by atomic mass is 10.0. The zero-order chi connectivity index (χ0) is 13.7. The van der Waals surface area contributed by atoms with Crippen LogP contribution in [-0.4, -0.2) is 42.8 Å². The van der Waals surface area contributed by atoms with Crippen LogP contribution >= 0.6 is 0 Å². The molecule has 2 unspecified atom stereocenters. The highest BCUT2D eigenvalue weighted by molar-refractivity contribution is 5.81. The molecule has 1 amide bonds. The van der Waals surface area contributed by atoms with Crippen molar-refractivity contribution in [1.82, 2.24) is 10.2 Å². The Hall–Kier alpha value is -0.610. The van der Waals surface area contributed by atoms with Crippen molar-refractivity contribution < 1.29 is 9.53 Å². The Kier molecular flexibility index (Phi) is 6.09. The van der Waals surface area contributed by atoms with E-state index in [0.717, 1.165) is 6.42 Å². The monoisotopic (exact) mass is 256 g/mol. The zero-order valence-corrected chi connectivity index (χ0v) is 12.4. The van der Waals surface area contributed by atoms with E-state index in [1.807, 2.05) is 11.8 Å². The van der Waals surface area contributed by atoms with Crippen LogP contribution in [0.25, 0.3) is 0 Å². The molecule has 0 aliphatic carbocycles. The van der Waals surface area contributed by atoms with Crippen molar-refractivity contribution in [3.63, 3.8) is 0 Å². The molecule has 1 rings (SSSR count). The first kappa shape index (κ1) is 15.4. The Morgan fingerprint density at radius 3 is 2.56 bits per heavy atom. The third kappa shape index (κ3) is 3.95. The maximum atomic E-state index is 12.1. The van der Waals surface area contributed by atoms with Crippen molar-refractivity contribution in [3.05, 3.63) is 0 Å². The molecule has 2 atom stereocenters. The van der Waals surface area contributed by atoms with Crippen LogP contribution in [0, 0.1) is 11.8 Å². The molecular weight excluding hydrogens is 228 g/mol. The molecule has 1 aliphatic heterocycles. The third-order valence-corrected chi connectivity index (χ3v) is 3.43. The maximum Gasteiger partial charge on any atom is 0.238 e. The van der Waals surface area contributed by atoms with E-state index in [1.54, 1.807) is 0 Å². The number of hydrogen-bond acceptors (Lipinski definition) is 3. The smallest absolute Gasteiger partial charge is 0.238 e. The molecule has 0 aromatic heterocycles. The molecule has 1 heterocycles. The van der Waals surface area contributed by atoms with Gasteiger partial charge in [0.1, 0.15) is 0 Å². The van der Waals surface area contributed by atoms with Crippen LogP contribution in [0.3, 0.4) is 0 Å². The summed E-state index contributed by atoms with van der Waals surface area (Å²) in [6.45, 7) is 12.5. The minimum absolute atomic E-state index is 0.172. The number of nitrogens with zero attached hydrogens (tertiary/aromatic N) is 1. The molecule has 4 heteroatoms. The highest BCUT2D eigenvalue weighted by Crippen LogP contribution is 2.21. The van der Waals surface area contributed by atoms with Crippen molar-refractivity contribution in [2.45, 2.75) is 53.2 Å². The molecule has 1 saturated heterocycles. The molecule has 0 spiro atoms. The van der Waals surface area contributed by atoms with Gasteiger partial charge in [-0.15, -0.1) is 0 Å². The molecule has 0 aromatic carbocycles. The molecular formula is C14H28N2O2. The summed E-state index contributed by atoms with van der Waals surface area (Å²) in [5.41, 5.74) is 0. The second-order valence-corrected chi connectivity index (χ2v) is 5.80. The third-order valence-electron chi connectivity index (χ3n) is 3.43. The predicted octanol–water partition coefficient (Wildman–Crippen LogP) is 1.85. The van der Waals surface area contributed by atoms with Crippen molar-refractivity contribution in [2.24, 2.45) is 11.8 Å². The number of ether oxygens (including phenoxy) is 1. The Balaban J connectivity index is 2.74. The Morgan fingerprint density at radius 1 is 1.39 bits per heavy atom. The maximum absolute atomic E-state index is 12.1. The summed E-state index contributed by atoms with van der Waals surface area (Å²) in [5, 5.41) is 3.32. The van der Waals surface area contributed by atoms with Gasteiger partial charge in [-0.3, -0.25) is 10.1 Å². The van der Waals surface area contributed by atoms with Gasteiger partial charge < -0.3 is 9.64 Å². The van der Waals surface area contributed by atoms with Gasteiger partial charge in [-0.05, 0) is 25.2 Å². The summed E-state index contributed by atoms with van der Waals surface area (Å²) in [7, 11) is 0. The number of rotatable bonds is 7. The minimum Gasteiger partial charge on any atom is -0.380 e. The van der Waals surface area contributed by atoms with Crippen LogP contribution in [0.4, 0.5) is 0 Å². The lowest BCUT2D eigenvalue weighted by Gasteiger charge is -2.35. The summed E-state index contributed by atoms with van der Waals surface area (Å²) < 4.78 is 5.55. The summed E-state index contributed by atoms with van der Waals surface area (Å²) in [6.07, 6.45) is 1.17. The normalized spacial score (nSPS) is 22.3. The first-order valence-corrected chi connectivity index (χ1v) is 7.09. The Labute approximate surface area is 111 Å². The number of carbonyl (C=O) groups excluding carboxylic acids is 1. The molecule has 1 aliphatic rings. The van der Waals surface area contributed by atoms with Gasteiger partial charge in [0, 0.05) is 6.61 Å². The van der Waals surface area contributed by atoms with Gasteiger partial charge in [0.15, 0.2) is 0 Å². The lowest BCUT2D eigenvalue weighted by Crippen LogP contribution is -2.49. The Morgan fingerprint density at radius 2 is 2.06 bits per heavy atom. The van der Waals surface area contributed by atoms with Gasteiger partial charge in [0.25, 0.3) is 0 Å². The minimum atomic E-state index is 0.172. The number of nitrogens with one attached hydrogen (secondary N) is 1. The van der Waals surface area contributed by atoms with E-state index in [4.69, 9.17) is 4.74 Å². The fourth-order valence-corrected chi connectivity index (χ4v) is 2.46. The first-order valence-electron chi connectivity index (χ1n) is 7.09. The Bertz CT molecular complexity index is 267. The molecule has 1 N–H and O–H groups in total. The molecule has 0 aromatic rings. The van der Waals surface area contributed by atoms with Gasteiger partial charge >= 0.3 is 0 Å². The SMILES string of the molecule is CCOCC(C(C)C)N1C(=O)CNC1CC(C)C. The fourth-order valence-electron chi connectivity index (χ4n) is 2.46. The molecule has 0 bridgehead atoms. The summed E-state index contributed by atoms with van der Waals surface area (Å²) in [5.74, 6) is 1.20. The van der Waals surface area contributed by atoms with Crippen LogP contribution in [0.1, 0.15) is 41.0 Å². The average molecular weight is 256 g/mol. The second-order valence-electron chi connectivity index (χ2n) is 5.80. The highest BCUT2D eigenvalue weighted by Gasteiger charge is 2.37. The van der Waals surface area contributed by atoms with E-state index >= 15 is 0 Å². The molecule has 0 radical (unpaired) electrons. The van der Waals surface area contributed by atoms with Crippen LogP contribution in [-0.2, 0) is 9.53 Å². The predicted molar refractivity (Wildman–Crippen MR) is 73.2 cm³/mol. The summed E-state index contributed by atoms with van der Waals surface area (Å²) in [4.78, 5) is 14.1. The number of hydrogen-bond donors (Lipinski definition) is 1. The van der Waals surface area contributed by atoms with E-state index in [1.165, 1.54) is 0 Å². The quantitative estimate of drug-likeness (QED) is 0.756. The molecule has 18 heavy (non-hydrogen) atoms. The van der Waals surface area contributed by atoms with Gasteiger partial charge in [-0.25, -0.2) is 0 Å². The van der Waals surface area contributed by atoms with Crippen molar-refractivity contribution in [3.8, 4) is 0 Å². The van der Waals surface area contributed by atoms with Gasteiger partial charge in [0.05, 0.1) is 25.4 Å². The topological polar surface area (TPSA) is 41.6 Å².